The average Bonchev–Trinajstić information content (AvgIpc) is 2.87. The predicted molar refractivity (Wildman–Crippen MR) is 106 cm³/mol. The summed E-state index contributed by atoms with van der Waals surface area (Å²) in [4.78, 5) is 17.4. The SMILES string of the molecule is CCCNC(=O)c1ccccc1C(NC)S(=O)C1=NC(C)(C)C(=S)N1. The van der Waals surface area contributed by atoms with E-state index < -0.39 is 21.7 Å². The molecule has 0 fully saturated rings. The van der Waals surface area contributed by atoms with Gasteiger partial charge in [-0.1, -0.05) is 37.3 Å². The van der Waals surface area contributed by atoms with E-state index in [4.69, 9.17) is 12.2 Å². The lowest BCUT2D eigenvalue weighted by atomic mass is 10.1. The Kier molecular flexibility index (Phi) is 6.42. The van der Waals surface area contributed by atoms with Gasteiger partial charge in [0.1, 0.15) is 26.7 Å². The number of benzene rings is 1. The van der Waals surface area contributed by atoms with Crippen LogP contribution in [0.2, 0.25) is 0 Å². The highest BCUT2D eigenvalue weighted by atomic mass is 32.2. The molecule has 0 saturated carbocycles. The molecule has 0 aliphatic carbocycles. The van der Waals surface area contributed by atoms with Crippen LogP contribution in [0.1, 0.15) is 48.5 Å². The van der Waals surface area contributed by atoms with E-state index >= 15 is 0 Å². The van der Waals surface area contributed by atoms with Crippen molar-refractivity contribution in [3.05, 3.63) is 35.4 Å². The molecular weight excluding hydrogens is 356 g/mol. The topological polar surface area (TPSA) is 82.6 Å². The van der Waals surface area contributed by atoms with E-state index in [1.165, 1.54) is 0 Å². The van der Waals surface area contributed by atoms with E-state index in [9.17, 15) is 9.00 Å². The van der Waals surface area contributed by atoms with Gasteiger partial charge in [0.25, 0.3) is 5.91 Å². The summed E-state index contributed by atoms with van der Waals surface area (Å²) in [6, 6.07) is 7.16. The van der Waals surface area contributed by atoms with Crippen LogP contribution >= 0.6 is 12.2 Å². The van der Waals surface area contributed by atoms with Crippen molar-refractivity contribution in [2.75, 3.05) is 13.6 Å². The van der Waals surface area contributed by atoms with E-state index in [-0.39, 0.29) is 5.91 Å². The largest absolute Gasteiger partial charge is 0.352 e. The zero-order chi connectivity index (χ0) is 18.6. The van der Waals surface area contributed by atoms with Crippen LogP contribution < -0.4 is 16.0 Å². The molecule has 2 rings (SSSR count). The lowest BCUT2D eigenvalue weighted by Crippen LogP contribution is -2.37. The van der Waals surface area contributed by atoms with Gasteiger partial charge in [-0.3, -0.25) is 4.79 Å². The number of hydrogen-bond acceptors (Lipinski definition) is 5. The van der Waals surface area contributed by atoms with Crippen LogP contribution in [0.4, 0.5) is 0 Å². The van der Waals surface area contributed by atoms with Crippen molar-refractivity contribution < 1.29 is 9.00 Å². The van der Waals surface area contributed by atoms with Crippen molar-refractivity contribution in [1.29, 1.82) is 0 Å². The van der Waals surface area contributed by atoms with E-state index in [1.54, 1.807) is 25.2 Å². The standard InChI is InChI=1S/C17H24N4O2S2/c1-5-10-19-13(22)11-8-6-7-9-12(11)14(18-4)25(23)16-20-15(24)17(2,3)21-16/h6-9,14,18H,5,10H2,1-4H3,(H,19,22)(H,20,21,24). The highest BCUT2D eigenvalue weighted by molar-refractivity contribution is 8.01. The fourth-order valence-corrected chi connectivity index (χ4v) is 4.03. The van der Waals surface area contributed by atoms with Crippen molar-refractivity contribution in [2.45, 2.75) is 38.1 Å². The van der Waals surface area contributed by atoms with E-state index in [2.05, 4.69) is 20.9 Å². The highest BCUT2D eigenvalue weighted by Crippen LogP contribution is 2.25. The normalized spacial score (nSPS) is 18.2. The minimum absolute atomic E-state index is 0.174. The molecule has 1 aromatic carbocycles. The molecule has 8 heteroatoms. The van der Waals surface area contributed by atoms with Crippen LogP contribution in [0, 0.1) is 0 Å². The van der Waals surface area contributed by atoms with Gasteiger partial charge in [-0.2, -0.15) is 0 Å². The number of aliphatic imine (C=N–C) groups is 1. The van der Waals surface area contributed by atoms with Crippen LogP contribution in [-0.4, -0.2) is 39.4 Å². The maximum atomic E-state index is 13.1. The fourth-order valence-electron chi connectivity index (χ4n) is 2.43. The lowest BCUT2D eigenvalue weighted by Gasteiger charge is -2.19. The van der Waals surface area contributed by atoms with Gasteiger partial charge < -0.3 is 16.0 Å². The molecule has 3 N–H and O–H groups in total. The molecule has 0 spiro atoms. The first-order valence-corrected chi connectivity index (χ1v) is 9.80. The summed E-state index contributed by atoms with van der Waals surface area (Å²) in [6.45, 7) is 6.32. The summed E-state index contributed by atoms with van der Waals surface area (Å²) >= 11 is 5.26. The highest BCUT2D eigenvalue weighted by Gasteiger charge is 2.36. The van der Waals surface area contributed by atoms with Gasteiger partial charge >= 0.3 is 0 Å². The van der Waals surface area contributed by atoms with Gasteiger partial charge in [0.2, 0.25) is 0 Å². The smallest absolute Gasteiger partial charge is 0.251 e. The number of rotatable bonds is 6. The molecule has 0 radical (unpaired) electrons. The van der Waals surface area contributed by atoms with E-state index in [1.807, 2.05) is 26.8 Å². The molecule has 0 bridgehead atoms. The molecule has 0 aromatic heterocycles. The number of amidine groups is 1. The monoisotopic (exact) mass is 380 g/mol. The first-order chi connectivity index (χ1) is 11.8. The Balaban J connectivity index is 2.34. The summed E-state index contributed by atoms with van der Waals surface area (Å²) in [6.07, 6.45) is 0.850. The predicted octanol–water partition coefficient (Wildman–Crippen LogP) is 1.86. The number of thiocarbonyl (C=S) groups is 1. The van der Waals surface area contributed by atoms with Gasteiger partial charge in [0, 0.05) is 12.1 Å². The summed E-state index contributed by atoms with van der Waals surface area (Å²) in [5.41, 5.74) is 0.595. The molecule has 2 atom stereocenters. The summed E-state index contributed by atoms with van der Waals surface area (Å²) in [7, 11) is 0.187. The Hall–Kier alpha value is -1.64. The van der Waals surface area contributed by atoms with Crippen molar-refractivity contribution in [1.82, 2.24) is 16.0 Å². The number of nitrogens with zero attached hydrogens (tertiary/aromatic N) is 1. The molecule has 136 valence electrons. The van der Waals surface area contributed by atoms with Crippen molar-refractivity contribution in [3.63, 3.8) is 0 Å². The van der Waals surface area contributed by atoms with E-state index in [0.717, 1.165) is 6.42 Å². The molecule has 1 aliphatic rings. The third-order valence-corrected chi connectivity index (χ3v) is 5.94. The molecule has 1 heterocycles. The number of amides is 1. The molecule has 1 amide bonds. The second kappa shape index (κ2) is 8.16. The minimum atomic E-state index is -1.52. The molecule has 2 unspecified atom stereocenters. The summed E-state index contributed by atoms with van der Waals surface area (Å²) in [5.74, 6) is -0.174. The third kappa shape index (κ3) is 4.31. The fraction of sp³-hybridized carbons (Fsp3) is 0.471. The molecule has 6 nitrogen and oxygen atoms in total. The zero-order valence-corrected chi connectivity index (χ0v) is 16.5. The van der Waals surface area contributed by atoms with Crippen LogP contribution in [-0.2, 0) is 10.8 Å². The maximum Gasteiger partial charge on any atom is 0.251 e. The van der Waals surface area contributed by atoms with Crippen LogP contribution in [0.15, 0.2) is 29.3 Å². The summed E-state index contributed by atoms with van der Waals surface area (Å²) < 4.78 is 13.1. The van der Waals surface area contributed by atoms with Crippen LogP contribution in [0.3, 0.4) is 0 Å². The molecule has 0 saturated heterocycles. The van der Waals surface area contributed by atoms with Gasteiger partial charge in [0.15, 0.2) is 5.17 Å². The van der Waals surface area contributed by atoms with Crippen molar-refractivity contribution in [3.8, 4) is 0 Å². The second-order valence-corrected chi connectivity index (χ2v) is 8.10. The number of hydrogen-bond donors (Lipinski definition) is 3. The van der Waals surface area contributed by atoms with Gasteiger partial charge in [-0.15, -0.1) is 0 Å². The van der Waals surface area contributed by atoms with Crippen LogP contribution in [0.25, 0.3) is 0 Å². The van der Waals surface area contributed by atoms with Gasteiger partial charge in [0.05, 0.1) is 0 Å². The quantitative estimate of drug-likeness (QED) is 0.656. The summed E-state index contributed by atoms with van der Waals surface area (Å²) in [5, 5.41) is 8.62. The molecular formula is C17H24N4O2S2. The van der Waals surface area contributed by atoms with E-state index in [0.29, 0.717) is 27.8 Å². The van der Waals surface area contributed by atoms with Crippen LogP contribution in [0.5, 0.6) is 0 Å². The lowest BCUT2D eigenvalue weighted by molar-refractivity contribution is 0.0952. The third-order valence-electron chi connectivity index (χ3n) is 3.85. The van der Waals surface area contributed by atoms with Gasteiger partial charge in [-0.25, -0.2) is 9.20 Å². The van der Waals surface area contributed by atoms with Crippen molar-refractivity contribution >= 4 is 39.1 Å². The Morgan fingerprint density at radius 3 is 2.64 bits per heavy atom. The molecule has 25 heavy (non-hydrogen) atoms. The Labute approximate surface area is 156 Å². The number of carbonyl (C=O) groups is 1. The Morgan fingerprint density at radius 1 is 1.40 bits per heavy atom. The Morgan fingerprint density at radius 2 is 2.08 bits per heavy atom. The number of carbonyl (C=O) groups excluding carboxylic acids is 1. The molecule has 1 aliphatic heterocycles. The number of nitrogens with one attached hydrogen (secondary N) is 3. The first kappa shape index (κ1) is 19.7. The van der Waals surface area contributed by atoms with Crippen molar-refractivity contribution in [2.24, 2.45) is 4.99 Å². The zero-order valence-electron chi connectivity index (χ0n) is 14.9. The molecule has 1 aromatic rings. The Bertz CT molecular complexity index is 731. The first-order valence-electron chi connectivity index (χ1n) is 8.18. The van der Waals surface area contributed by atoms with Gasteiger partial charge in [-0.05, 0) is 38.9 Å². The maximum absolute atomic E-state index is 13.1. The average molecular weight is 381 g/mol. The minimum Gasteiger partial charge on any atom is -0.352 e. The second-order valence-electron chi connectivity index (χ2n) is 6.24.